The van der Waals surface area contributed by atoms with E-state index in [4.69, 9.17) is 9.52 Å². The lowest BCUT2D eigenvalue weighted by molar-refractivity contribution is -0.141. The molecule has 0 aliphatic carbocycles. The maximum Gasteiger partial charge on any atom is 0.308 e. The van der Waals surface area contributed by atoms with Gasteiger partial charge in [0.25, 0.3) is 0 Å². The van der Waals surface area contributed by atoms with Crippen molar-refractivity contribution in [3.05, 3.63) is 17.3 Å². The molecule has 0 saturated heterocycles. The van der Waals surface area contributed by atoms with Crippen LogP contribution in [-0.2, 0) is 16.0 Å². The lowest BCUT2D eigenvalue weighted by Crippen LogP contribution is -2.32. The fraction of sp³-hybridized carbons (Fsp3) is 0.545. The summed E-state index contributed by atoms with van der Waals surface area (Å²) in [5.41, 5.74) is 0.756. The number of rotatable bonds is 5. The zero-order valence-corrected chi connectivity index (χ0v) is 10.1. The molecule has 1 unspecified atom stereocenters. The summed E-state index contributed by atoms with van der Waals surface area (Å²) in [6, 6.07) is 0. The second kappa shape index (κ2) is 5.47. The van der Waals surface area contributed by atoms with Crippen molar-refractivity contribution in [3.8, 4) is 0 Å². The number of hydrogen-bond donors (Lipinski definition) is 2. The van der Waals surface area contributed by atoms with E-state index in [1.807, 2.05) is 0 Å². The van der Waals surface area contributed by atoms with E-state index in [1.165, 1.54) is 6.92 Å². The first kappa shape index (κ1) is 13.2. The van der Waals surface area contributed by atoms with Crippen LogP contribution in [0.3, 0.4) is 0 Å². The highest BCUT2D eigenvalue weighted by Crippen LogP contribution is 2.08. The Labute approximate surface area is 99.0 Å². The van der Waals surface area contributed by atoms with Gasteiger partial charge in [0.05, 0.1) is 11.6 Å². The average Bonchev–Trinajstić information content (AvgIpc) is 2.54. The second-order valence-corrected chi connectivity index (χ2v) is 3.97. The Balaban J connectivity index is 2.42. The first-order chi connectivity index (χ1) is 7.90. The first-order valence-corrected chi connectivity index (χ1v) is 5.32. The quantitative estimate of drug-likeness (QED) is 0.789. The number of carbonyl (C=O) groups excluding carboxylic acids is 1. The summed E-state index contributed by atoms with van der Waals surface area (Å²) >= 11 is 0. The van der Waals surface area contributed by atoms with Gasteiger partial charge in [-0.2, -0.15) is 0 Å². The van der Waals surface area contributed by atoms with Gasteiger partial charge in [0.1, 0.15) is 12.2 Å². The van der Waals surface area contributed by atoms with Gasteiger partial charge < -0.3 is 14.8 Å². The number of amides is 1. The average molecular weight is 240 g/mol. The summed E-state index contributed by atoms with van der Waals surface area (Å²) < 4.78 is 5.25. The molecule has 0 aliphatic rings. The molecule has 0 spiro atoms. The van der Waals surface area contributed by atoms with E-state index in [0.29, 0.717) is 11.7 Å². The number of aliphatic carboxylic acids is 1. The first-order valence-electron chi connectivity index (χ1n) is 5.32. The molecule has 1 atom stereocenters. The monoisotopic (exact) mass is 240 g/mol. The van der Waals surface area contributed by atoms with Crippen LogP contribution in [0.4, 0.5) is 0 Å². The third-order valence-electron chi connectivity index (χ3n) is 2.41. The molecular formula is C11H16N2O4. The van der Waals surface area contributed by atoms with Crippen molar-refractivity contribution in [2.75, 3.05) is 6.54 Å². The number of nitrogens with one attached hydrogen (secondary N) is 1. The fourth-order valence-corrected chi connectivity index (χ4v) is 1.17. The molecule has 2 N–H and O–H groups in total. The maximum absolute atomic E-state index is 11.5. The van der Waals surface area contributed by atoms with Gasteiger partial charge in [-0.05, 0) is 13.8 Å². The van der Waals surface area contributed by atoms with Gasteiger partial charge in [-0.1, -0.05) is 6.92 Å². The van der Waals surface area contributed by atoms with Crippen LogP contribution in [0.25, 0.3) is 0 Å². The highest BCUT2D eigenvalue weighted by molar-refractivity contribution is 5.78. The number of nitrogens with zero attached hydrogens (tertiary/aromatic N) is 1. The molecule has 0 bridgehead atoms. The van der Waals surface area contributed by atoms with Crippen LogP contribution in [0.2, 0.25) is 0 Å². The Hall–Kier alpha value is -1.85. The molecule has 0 radical (unpaired) electrons. The van der Waals surface area contributed by atoms with Gasteiger partial charge in [-0.3, -0.25) is 9.59 Å². The van der Waals surface area contributed by atoms with Crippen molar-refractivity contribution in [1.29, 1.82) is 0 Å². The number of carboxylic acids is 1. The minimum atomic E-state index is -0.937. The summed E-state index contributed by atoms with van der Waals surface area (Å²) in [5.74, 6) is -0.799. The molecule has 1 heterocycles. The van der Waals surface area contributed by atoms with E-state index in [1.54, 1.807) is 13.8 Å². The Morgan fingerprint density at radius 1 is 1.47 bits per heavy atom. The lowest BCUT2D eigenvalue weighted by atomic mass is 10.2. The number of oxazole rings is 1. The van der Waals surface area contributed by atoms with E-state index in [2.05, 4.69) is 10.3 Å². The smallest absolute Gasteiger partial charge is 0.308 e. The predicted octanol–water partition coefficient (Wildman–Crippen LogP) is 0.671. The van der Waals surface area contributed by atoms with Crippen LogP contribution < -0.4 is 5.32 Å². The number of carbonyl (C=O) groups is 2. The van der Waals surface area contributed by atoms with Crippen LogP contribution in [0.1, 0.15) is 24.3 Å². The van der Waals surface area contributed by atoms with Gasteiger partial charge >= 0.3 is 5.97 Å². The molecule has 17 heavy (non-hydrogen) atoms. The Morgan fingerprint density at radius 3 is 2.59 bits per heavy atom. The van der Waals surface area contributed by atoms with Gasteiger partial charge in [0.2, 0.25) is 11.8 Å². The molecule has 6 heteroatoms. The van der Waals surface area contributed by atoms with Crippen molar-refractivity contribution < 1.29 is 19.1 Å². The number of hydrogen-bond acceptors (Lipinski definition) is 4. The Bertz CT molecular complexity index is 406. The molecule has 0 fully saturated rings. The van der Waals surface area contributed by atoms with Crippen LogP contribution in [0.5, 0.6) is 0 Å². The summed E-state index contributed by atoms with van der Waals surface area (Å²) in [6.07, 6.45) is 0.0288. The summed E-state index contributed by atoms with van der Waals surface area (Å²) in [5, 5.41) is 11.2. The maximum atomic E-state index is 11.5. The lowest BCUT2D eigenvalue weighted by Gasteiger charge is -2.06. The van der Waals surface area contributed by atoms with E-state index in [0.717, 1.165) is 5.69 Å². The van der Waals surface area contributed by atoms with E-state index in [-0.39, 0.29) is 18.9 Å². The van der Waals surface area contributed by atoms with Crippen LogP contribution in [0.15, 0.2) is 4.42 Å². The third kappa shape index (κ3) is 3.90. The van der Waals surface area contributed by atoms with Gasteiger partial charge in [0.15, 0.2) is 0 Å². The van der Waals surface area contributed by atoms with Crippen LogP contribution in [0, 0.1) is 19.8 Å². The topological polar surface area (TPSA) is 92.4 Å². The summed E-state index contributed by atoms with van der Waals surface area (Å²) in [7, 11) is 0. The summed E-state index contributed by atoms with van der Waals surface area (Å²) in [6.45, 7) is 5.21. The standard InChI is InChI=1S/C11H16N2O4/c1-6(11(15)16)5-12-9(14)4-10-13-7(2)8(3)17-10/h6H,4-5H2,1-3H3,(H,12,14)(H,15,16). The molecule has 1 amide bonds. The summed E-state index contributed by atoms with van der Waals surface area (Å²) in [4.78, 5) is 26.1. The van der Waals surface area contributed by atoms with Crippen molar-refractivity contribution in [1.82, 2.24) is 10.3 Å². The number of aryl methyl sites for hydroxylation is 2. The highest BCUT2D eigenvalue weighted by atomic mass is 16.4. The minimum absolute atomic E-state index is 0.0288. The van der Waals surface area contributed by atoms with Gasteiger partial charge in [-0.15, -0.1) is 0 Å². The van der Waals surface area contributed by atoms with Crippen molar-refractivity contribution in [2.24, 2.45) is 5.92 Å². The molecular weight excluding hydrogens is 224 g/mol. The SMILES string of the molecule is Cc1nc(CC(=O)NCC(C)C(=O)O)oc1C. The molecule has 94 valence electrons. The van der Waals surface area contributed by atoms with Crippen molar-refractivity contribution >= 4 is 11.9 Å². The second-order valence-electron chi connectivity index (χ2n) is 3.97. The largest absolute Gasteiger partial charge is 0.481 e. The molecule has 6 nitrogen and oxygen atoms in total. The van der Waals surface area contributed by atoms with E-state index < -0.39 is 11.9 Å². The molecule has 1 aromatic heterocycles. The molecule has 1 aromatic rings. The van der Waals surface area contributed by atoms with E-state index in [9.17, 15) is 9.59 Å². The third-order valence-corrected chi connectivity index (χ3v) is 2.41. The van der Waals surface area contributed by atoms with Gasteiger partial charge in [-0.25, -0.2) is 4.98 Å². The minimum Gasteiger partial charge on any atom is -0.481 e. The van der Waals surface area contributed by atoms with Crippen molar-refractivity contribution in [3.63, 3.8) is 0 Å². The Kier molecular flexibility index (Phi) is 4.25. The number of aromatic nitrogens is 1. The van der Waals surface area contributed by atoms with E-state index >= 15 is 0 Å². The highest BCUT2D eigenvalue weighted by Gasteiger charge is 2.14. The van der Waals surface area contributed by atoms with Crippen LogP contribution in [-0.4, -0.2) is 28.5 Å². The fourth-order valence-electron chi connectivity index (χ4n) is 1.17. The normalized spacial score (nSPS) is 12.2. The van der Waals surface area contributed by atoms with Crippen LogP contribution >= 0.6 is 0 Å². The van der Waals surface area contributed by atoms with Crippen molar-refractivity contribution in [2.45, 2.75) is 27.2 Å². The molecule has 0 aliphatic heterocycles. The zero-order chi connectivity index (χ0) is 13.0. The molecule has 0 saturated carbocycles. The zero-order valence-electron chi connectivity index (χ0n) is 10.1. The van der Waals surface area contributed by atoms with Gasteiger partial charge in [0, 0.05) is 6.54 Å². The Morgan fingerprint density at radius 2 is 2.12 bits per heavy atom. The molecule has 1 rings (SSSR count). The predicted molar refractivity (Wildman–Crippen MR) is 59.5 cm³/mol. The molecule has 0 aromatic carbocycles. The number of carboxylic acid groups (broad SMARTS) is 1.